The summed E-state index contributed by atoms with van der Waals surface area (Å²) in [5.74, 6) is 0.0663. The molecule has 1 amide bonds. The van der Waals surface area contributed by atoms with E-state index in [1.54, 1.807) is 37.1 Å². The van der Waals surface area contributed by atoms with Gasteiger partial charge >= 0.3 is 0 Å². The number of ether oxygens (including phenoxy) is 1. The predicted octanol–water partition coefficient (Wildman–Crippen LogP) is 2.87. The van der Waals surface area contributed by atoms with E-state index >= 15 is 0 Å². The molecule has 8 heteroatoms. The van der Waals surface area contributed by atoms with E-state index in [0.29, 0.717) is 23.3 Å². The Kier molecular flexibility index (Phi) is 5.53. The van der Waals surface area contributed by atoms with Gasteiger partial charge < -0.3 is 14.6 Å². The maximum Gasteiger partial charge on any atom is 0.278 e. The van der Waals surface area contributed by atoms with Crippen molar-refractivity contribution >= 4 is 16.9 Å². The second-order valence-electron chi connectivity index (χ2n) is 7.16. The molecule has 0 unspecified atom stereocenters. The standard InChI is InChI=1S/C23H21FN4O3/c1-27-12-19(16-6-8-17(24)9-7-16)21-22(27)23(30)28(14-26-21)13-20(29)25-11-15-4-3-5-18(10-15)31-2/h3-10,12,14H,11,13H2,1-2H3,(H,25,29). The van der Waals surface area contributed by atoms with Crippen LogP contribution in [0.5, 0.6) is 5.75 Å². The highest BCUT2D eigenvalue weighted by atomic mass is 19.1. The number of aromatic nitrogens is 3. The van der Waals surface area contributed by atoms with Gasteiger partial charge in [0, 0.05) is 25.4 Å². The van der Waals surface area contributed by atoms with E-state index in [-0.39, 0.29) is 23.8 Å². The summed E-state index contributed by atoms with van der Waals surface area (Å²) in [6, 6.07) is 13.4. The van der Waals surface area contributed by atoms with Gasteiger partial charge in [-0.05, 0) is 35.4 Å². The molecule has 31 heavy (non-hydrogen) atoms. The Bertz CT molecular complexity index is 1310. The highest BCUT2D eigenvalue weighted by Gasteiger charge is 2.16. The molecule has 1 N–H and O–H groups in total. The molecule has 0 saturated carbocycles. The molecule has 2 heterocycles. The lowest BCUT2D eigenvalue weighted by Gasteiger charge is -2.09. The molecule has 0 bridgehead atoms. The minimum atomic E-state index is -0.334. The van der Waals surface area contributed by atoms with Crippen molar-refractivity contribution in [2.24, 2.45) is 7.05 Å². The highest BCUT2D eigenvalue weighted by molar-refractivity contribution is 5.92. The summed E-state index contributed by atoms with van der Waals surface area (Å²) in [4.78, 5) is 29.8. The number of nitrogens with one attached hydrogen (secondary N) is 1. The zero-order valence-electron chi connectivity index (χ0n) is 17.1. The molecule has 0 saturated heterocycles. The van der Waals surface area contributed by atoms with Crippen LogP contribution in [-0.2, 0) is 24.9 Å². The Morgan fingerprint density at radius 3 is 2.71 bits per heavy atom. The van der Waals surface area contributed by atoms with Crippen molar-refractivity contribution in [1.29, 1.82) is 0 Å². The Labute approximate surface area is 177 Å². The molecule has 2 aromatic heterocycles. The van der Waals surface area contributed by atoms with Crippen molar-refractivity contribution in [3.05, 3.63) is 82.8 Å². The summed E-state index contributed by atoms with van der Waals surface area (Å²) >= 11 is 0. The zero-order valence-corrected chi connectivity index (χ0v) is 17.1. The number of methoxy groups -OCH3 is 1. The molecular weight excluding hydrogens is 399 g/mol. The monoisotopic (exact) mass is 420 g/mol. The van der Waals surface area contributed by atoms with Gasteiger partial charge in [-0.1, -0.05) is 24.3 Å². The third-order valence-corrected chi connectivity index (χ3v) is 5.04. The van der Waals surface area contributed by atoms with Gasteiger partial charge in [0.15, 0.2) is 0 Å². The topological polar surface area (TPSA) is 78.2 Å². The van der Waals surface area contributed by atoms with Crippen LogP contribution in [0.1, 0.15) is 5.56 Å². The Hall–Kier alpha value is -3.94. The van der Waals surface area contributed by atoms with Crippen LogP contribution in [0, 0.1) is 5.82 Å². The number of halogens is 1. The van der Waals surface area contributed by atoms with Crippen molar-refractivity contribution in [2.45, 2.75) is 13.1 Å². The largest absolute Gasteiger partial charge is 0.497 e. The minimum absolute atomic E-state index is 0.150. The third-order valence-electron chi connectivity index (χ3n) is 5.04. The average Bonchev–Trinajstić information content (AvgIpc) is 3.12. The second kappa shape index (κ2) is 8.43. The van der Waals surface area contributed by atoms with Gasteiger partial charge in [0.05, 0.1) is 13.4 Å². The van der Waals surface area contributed by atoms with E-state index in [0.717, 1.165) is 16.7 Å². The smallest absolute Gasteiger partial charge is 0.278 e. The summed E-state index contributed by atoms with van der Waals surface area (Å²) < 4.78 is 21.4. The van der Waals surface area contributed by atoms with Gasteiger partial charge in [-0.3, -0.25) is 14.2 Å². The molecule has 4 rings (SSSR count). The fourth-order valence-corrected chi connectivity index (χ4v) is 3.46. The lowest BCUT2D eigenvalue weighted by atomic mass is 10.1. The molecule has 0 aliphatic heterocycles. The van der Waals surface area contributed by atoms with Crippen LogP contribution in [0.2, 0.25) is 0 Å². The molecule has 7 nitrogen and oxygen atoms in total. The van der Waals surface area contributed by atoms with Crippen LogP contribution in [-0.4, -0.2) is 27.1 Å². The number of carbonyl (C=O) groups is 1. The van der Waals surface area contributed by atoms with E-state index < -0.39 is 0 Å². The SMILES string of the molecule is COc1cccc(CNC(=O)Cn2cnc3c(-c4ccc(F)cc4)cn(C)c3c2=O)c1. The summed E-state index contributed by atoms with van der Waals surface area (Å²) in [5.41, 5.74) is 2.93. The maximum atomic E-state index is 13.3. The lowest BCUT2D eigenvalue weighted by Crippen LogP contribution is -2.32. The summed E-state index contributed by atoms with van der Waals surface area (Å²) in [6.45, 7) is 0.169. The van der Waals surface area contributed by atoms with Gasteiger partial charge in [-0.25, -0.2) is 9.37 Å². The molecule has 2 aromatic carbocycles. The lowest BCUT2D eigenvalue weighted by molar-refractivity contribution is -0.121. The zero-order chi connectivity index (χ0) is 22.0. The highest BCUT2D eigenvalue weighted by Crippen LogP contribution is 2.27. The summed E-state index contributed by atoms with van der Waals surface area (Å²) in [5, 5.41) is 2.80. The Morgan fingerprint density at radius 1 is 1.19 bits per heavy atom. The van der Waals surface area contributed by atoms with Crippen molar-refractivity contribution < 1.29 is 13.9 Å². The number of hydrogen-bond acceptors (Lipinski definition) is 4. The van der Waals surface area contributed by atoms with Crippen LogP contribution in [0.4, 0.5) is 4.39 Å². The summed E-state index contributed by atoms with van der Waals surface area (Å²) in [7, 11) is 3.32. The average molecular weight is 420 g/mol. The number of carbonyl (C=O) groups excluding carboxylic acids is 1. The number of rotatable bonds is 6. The first-order valence-electron chi connectivity index (χ1n) is 9.66. The number of benzene rings is 2. The van der Waals surface area contributed by atoms with Gasteiger partial charge in [-0.15, -0.1) is 0 Å². The van der Waals surface area contributed by atoms with E-state index in [2.05, 4.69) is 10.3 Å². The number of aryl methyl sites for hydroxylation is 1. The molecule has 158 valence electrons. The van der Waals surface area contributed by atoms with Crippen molar-refractivity contribution in [3.8, 4) is 16.9 Å². The van der Waals surface area contributed by atoms with Crippen LogP contribution >= 0.6 is 0 Å². The maximum absolute atomic E-state index is 13.3. The molecule has 0 radical (unpaired) electrons. The van der Waals surface area contributed by atoms with E-state index in [4.69, 9.17) is 4.74 Å². The number of nitrogens with zero attached hydrogens (tertiary/aromatic N) is 3. The quantitative estimate of drug-likeness (QED) is 0.520. The van der Waals surface area contributed by atoms with Crippen molar-refractivity contribution in [1.82, 2.24) is 19.4 Å². The molecule has 0 aliphatic rings. The first-order valence-corrected chi connectivity index (χ1v) is 9.66. The van der Waals surface area contributed by atoms with E-state index in [1.165, 1.54) is 23.0 Å². The molecular formula is C23H21FN4O3. The van der Waals surface area contributed by atoms with Gasteiger partial charge in [-0.2, -0.15) is 0 Å². The Balaban J connectivity index is 1.55. The minimum Gasteiger partial charge on any atom is -0.497 e. The summed E-state index contributed by atoms with van der Waals surface area (Å²) in [6.07, 6.45) is 3.14. The van der Waals surface area contributed by atoms with Crippen molar-refractivity contribution in [2.75, 3.05) is 7.11 Å². The molecule has 4 aromatic rings. The number of amides is 1. The van der Waals surface area contributed by atoms with E-state index in [9.17, 15) is 14.0 Å². The Morgan fingerprint density at radius 2 is 1.97 bits per heavy atom. The number of fused-ring (bicyclic) bond motifs is 1. The second-order valence-corrected chi connectivity index (χ2v) is 7.16. The number of hydrogen-bond donors (Lipinski definition) is 1. The van der Waals surface area contributed by atoms with Gasteiger partial charge in [0.2, 0.25) is 5.91 Å². The van der Waals surface area contributed by atoms with Crippen molar-refractivity contribution in [3.63, 3.8) is 0 Å². The fraction of sp³-hybridized carbons (Fsp3) is 0.174. The predicted molar refractivity (Wildman–Crippen MR) is 115 cm³/mol. The molecule has 0 aliphatic carbocycles. The normalized spacial score (nSPS) is 10.9. The van der Waals surface area contributed by atoms with Crippen LogP contribution in [0.3, 0.4) is 0 Å². The molecule has 0 fully saturated rings. The van der Waals surface area contributed by atoms with E-state index in [1.807, 2.05) is 24.3 Å². The fourth-order valence-electron chi connectivity index (χ4n) is 3.46. The third kappa shape index (κ3) is 4.18. The van der Waals surface area contributed by atoms with Crippen LogP contribution in [0.15, 0.2) is 65.8 Å². The first-order chi connectivity index (χ1) is 15.0. The van der Waals surface area contributed by atoms with Gasteiger partial charge in [0.25, 0.3) is 5.56 Å². The van der Waals surface area contributed by atoms with Gasteiger partial charge in [0.1, 0.15) is 29.1 Å². The van der Waals surface area contributed by atoms with Crippen LogP contribution < -0.4 is 15.6 Å². The first kappa shape index (κ1) is 20.3. The molecule has 0 atom stereocenters. The molecule has 0 spiro atoms. The van der Waals surface area contributed by atoms with Crippen LogP contribution in [0.25, 0.3) is 22.2 Å².